The summed E-state index contributed by atoms with van der Waals surface area (Å²) in [6.45, 7) is 0. The van der Waals surface area contributed by atoms with Crippen molar-refractivity contribution in [3.63, 3.8) is 0 Å². The average Bonchev–Trinajstić information content (AvgIpc) is 2.34. The van der Waals surface area contributed by atoms with Crippen LogP contribution in [0.1, 0.15) is 0 Å². The molecule has 0 bridgehead atoms. The van der Waals surface area contributed by atoms with E-state index in [0.29, 0.717) is 0 Å². The maximum absolute atomic E-state index is 12.9. The van der Waals surface area contributed by atoms with E-state index in [0.717, 1.165) is 12.1 Å². The number of hydrogen-bond acceptors (Lipinski definition) is 5. The summed E-state index contributed by atoms with van der Waals surface area (Å²) in [5, 5.41) is 10.8. The molecule has 92 valence electrons. The SMILES string of the molecule is Nc1cnccc1Oc1ccc(F)cc1[N+](=O)[O-]. The van der Waals surface area contributed by atoms with Gasteiger partial charge in [-0.2, -0.15) is 0 Å². The number of nitrogen functional groups attached to an aromatic ring is 1. The zero-order valence-corrected chi connectivity index (χ0v) is 9.04. The van der Waals surface area contributed by atoms with Gasteiger partial charge in [-0.15, -0.1) is 0 Å². The zero-order chi connectivity index (χ0) is 13.1. The summed E-state index contributed by atoms with van der Waals surface area (Å²) in [5.41, 5.74) is 5.36. The first-order valence-electron chi connectivity index (χ1n) is 4.89. The molecule has 0 saturated carbocycles. The van der Waals surface area contributed by atoms with E-state index in [9.17, 15) is 14.5 Å². The van der Waals surface area contributed by atoms with Crippen LogP contribution in [0.4, 0.5) is 15.8 Å². The lowest BCUT2D eigenvalue weighted by molar-refractivity contribution is -0.385. The quantitative estimate of drug-likeness (QED) is 0.666. The van der Waals surface area contributed by atoms with Gasteiger partial charge in [-0.1, -0.05) is 0 Å². The molecule has 2 N–H and O–H groups in total. The predicted octanol–water partition coefficient (Wildman–Crippen LogP) is 2.50. The van der Waals surface area contributed by atoms with Gasteiger partial charge in [0.1, 0.15) is 5.82 Å². The molecule has 2 aromatic rings. The first-order valence-corrected chi connectivity index (χ1v) is 4.89. The maximum Gasteiger partial charge on any atom is 0.314 e. The number of benzene rings is 1. The number of halogens is 1. The Morgan fingerprint density at radius 3 is 2.78 bits per heavy atom. The number of nitro benzene ring substituents is 1. The van der Waals surface area contributed by atoms with E-state index in [2.05, 4.69) is 4.98 Å². The summed E-state index contributed by atoms with van der Waals surface area (Å²) in [6.07, 6.45) is 2.78. The van der Waals surface area contributed by atoms with Gasteiger partial charge >= 0.3 is 5.69 Å². The van der Waals surface area contributed by atoms with E-state index in [1.807, 2.05) is 0 Å². The first kappa shape index (κ1) is 11.8. The van der Waals surface area contributed by atoms with E-state index < -0.39 is 16.4 Å². The number of nitro groups is 1. The molecule has 1 aromatic carbocycles. The summed E-state index contributed by atoms with van der Waals surface area (Å²) in [4.78, 5) is 13.8. The van der Waals surface area contributed by atoms with E-state index in [1.54, 1.807) is 0 Å². The second kappa shape index (κ2) is 4.66. The minimum Gasteiger partial charge on any atom is -0.448 e. The van der Waals surface area contributed by atoms with E-state index >= 15 is 0 Å². The number of ether oxygens (including phenoxy) is 1. The van der Waals surface area contributed by atoms with Crippen LogP contribution in [0.5, 0.6) is 11.5 Å². The van der Waals surface area contributed by atoms with E-state index in [4.69, 9.17) is 10.5 Å². The Balaban J connectivity index is 2.41. The summed E-state index contributed by atoms with van der Waals surface area (Å²) < 4.78 is 18.2. The van der Waals surface area contributed by atoms with Gasteiger partial charge in [0.15, 0.2) is 5.75 Å². The van der Waals surface area contributed by atoms with Crippen molar-refractivity contribution in [2.24, 2.45) is 0 Å². The van der Waals surface area contributed by atoms with Gasteiger partial charge in [0.25, 0.3) is 0 Å². The molecule has 1 heterocycles. The van der Waals surface area contributed by atoms with Crippen LogP contribution in [-0.4, -0.2) is 9.91 Å². The van der Waals surface area contributed by atoms with Gasteiger partial charge in [0.05, 0.1) is 22.9 Å². The van der Waals surface area contributed by atoms with Crippen LogP contribution in [0.2, 0.25) is 0 Å². The van der Waals surface area contributed by atoms with Crippen LogP contribution in [0.25, 0.3) is 0 Å². The highest BCUT2D eigenvalue weighted by atomic mass is 19.1. The van der Waals surface area contributed by atoms with Crippen molar-refractivity contribution in [1.29, 1.82) is 0 Å². The van der Waals surface area contributed by atoms with Crippen LogP contribution in [0, 0.1) is 15.9 Å². The Morgan fingerprint density at radius 1 is 1.33 bits per heavy atom. The number of rotatable bonds is 3. The number of nitrogens with zero attached hydrogens (tertiary/aromatic N) is 2. The highest BCUT2D eigenvalue weighted by Gasteiger charge is 2.17. The average molecular weight is 249 g/mol. The third-order valence-corrected chi connectivity index (χ3v) is 2.15. The van der Waals surface area contributed by atoms with Gasteiger partial charge in [0, 0.05) is 12.3 Å². The summed E-state index contributed by atoms with van der Waals surface area (Å²) in [7, 11) is 0. The van der Waals surface area contributed by atoms with Crippen LogP contribution >= 0.6 is 0 Å². The molecule has 2 rings (SSSR count). The molecule has 0 unspecified atom stereocenters. The summed E-state index contributed by atoms with van der Waals surface area (Å²) >= 11 is 0. The zero-order valence-electron chi connectivity index (χ0n) is 9.04. The maximum atomic E-state index is 12.9. The minimum absolute atomic E-state index is 0.0840. The van der Waals surface area contributed by atoms with Crippen LogP contribution < -0.4 is 10.5 Å². The molecule has 0 aliphatic heterocycles. The molecule has 0 amide bonds. The van der Waals surface area contributed by atoms with Gasteiger partial charge < -0.3 is 10.5 Å². The van der Waals surface area contributed by atoms with Crippen molar-refractivity contribution >= 4 is 11.4 Å². The molecular weight excluding hydrogens is 241 g/mol. The standard InChI is InChI=1S/C11H8FN3O3/c12-7-1-2-11(9(5-7)15(16)17)18-10-3-4-14-6-8(10)13/h1-6H,13H2. The third-order valence-electron chi connectivity index (χ3n) is 2.15. The fraction of sp³-hybridized carbons (Fsp3) is 0. The molecule has 7 heteroatoms. The number of pyridine rings is 1. The number of hydrogen-bond donors (Lipinski definition) is 1. The van der Waals surface area contributed by atoms with Crippen molar-refractivity contribution in [3.8, 4) is 11.5 Å². The highest BCUT2D eigenvalue weighted by molar-refractivity contribution is 5.55. The fourth-order valence-corrected chi connectivity index (χ4v) is 1.32. The fourth-order valence-electron chi connectivity index (χ4n) is 1.32. The second-order valence-corrected chi connectivity index (χ2v) is 3.38. The first-order chi connectivity index (χ1) is 8.58. The summed E-state index contributed by atoms with van der Waals surface area (Å²) in [6, 6.07) is 4.49. The van der Waals surface area contributed by atoms with Gasteiger partial charge in [-0.3, -0.25) is 15.1 Å². The lowest BCUT2D eigenvalue weighted by Gasteiger charge is -2.07. The molecule has 0 radical (unpaired) electrons. The van der Waals surface area contributed by atoms with Crippen molar-refractivity contribution in [2.75, 3.05) is 5.73 Å². The van der Waals surface area contributed by atoms with Crippen molar-refractivity contribution in [3.05, 3.63) is 52.6 Å². The number of nitrogens with two attached hydrogens (primary N) is 1. The topological polar surface area (TPSA) is 91.3 Å². The van der Waals surface area contributed by atoms with Crippen LogP contribution in [0.3, 0.4) is 0 Å². The molecule has 0 fully saturated rings. The molecule has 0 spiro atoms. The molecule has 18 heavy (non-hydrogen) atoms. The third kappa shape index (κ3) is 2.34. The molecule has 0 saturated heterocycles. The predicted molar refractivity (Wildman–Crippen MR) is 61.8 cm³/mol. The molecule has 0 aliphatic rings. The lowest BCUT2D eigenvalue weighted by Crippen LogP contribution is -1.97. The molecule has 0 atom stereocenters. The Hall–Kier alpha value is -2.70. The van der Waals surface area contributed by atoms with Crippen LogP contribution in [0.15, 0.2) is 36.7 Å². The highest BCUT2D eigenvalue weighted by Crippen LogP contribution is 2.33. The monoisotopic (exact) mass is 249 g/mol. The normalized spacial score (nSPS) is 10.1. The summed E-state index contributed by atoms with van der Waals surface area (Å²) in [5.74, 6) is -0.573. The van der Waals surface area contributed by atoms with Gasteiger partial charge in [-0.05, 0) is 12.1 Å². The largest absolute Gasteiger partial charge is 0.448 e. The Kier molecular flexibility index (Phi) is 3.05. The van der Waals surface area contributed by atoms with Crippen molar-refractivity contribution < 1.29 is 14.1 Å². The molecule has 1 aromatic heterocycles. The van der Waals surface area contributed by atoms with Gasteiger partial charge in [0.2, 0.25) is 5.75 Å². The number of anilines is 1. The Morgan fingerprint density at radius 2 is 2.11 bits per heavy atom. The lowest BCUT2D eigenvalue weighted by atomic mass is 10.3. The molecule has 0 aliphatic carbocycles. The Labute approximate surface area is 101 Å². The number of aromatic nitrogens is 1. The van der Waals surface area contributed by atoms with E-state index in [1.165, 1.54) is 24.5 Å². The Bertz CT molecular complexity index is 604. The van der Waals surface area contributed by atoms with Crippen molar-refractivity contribution in [1.82, 2.24) is 4.98 Å². The van der Waals surface area contributed by atoms with Crippen molar-refractivity contribution in [2.45, 2.75) is 0 Å². The smallest absolute Gasteiger partial charge is 0.314 e. The van der Waals surface area contributed by atoms with Crippen LogP contribution in [-0.2, 0) is 0 Å². The molecular formula is C11H8FN3O3. The minimum atomic E-state index is -0.726. The van der Waals surface area contributed by atoms with Gasteiger partial charge in [-0.25, -0.2) is 4.39 Å². The second-order valence-electron chi connectivity index (χ2n) is 3.38. The molecule has 6 nitrogen and oxygen atoms in total. The van der Waals surface area contributed by atoms with E-state index in [-0.39, 0.29) is 17.2 Å².